The van der Waals surface area contributed by atoms with Crippen molar-refractivity contribution < 1.29 is 5.11 Å². The van der Waals surface area contributed by atoms with Crippen molar-refractivity contribution in [1.29, 1.82) is 0 Å². The Balaban J connectivity index is 3.41. The first-order valence-electron chi connectivity index (χ1n) is 3.62. The molecule has 0 aliphatic heterocycles. The fourth-order valence-corrected chi connectivity index (χ4v) is 0.655. The Labute approximate surface area is 57.4 Å². The summed E-state index contributed by atoms with van der Waals surface area (Å²) in [7, 11) is 0. The predicted octanol–water partition coefficient (Wildman–Crippen LogP) is 1.97. The third kappa shape index (κ3) is 4.22. The zero-order valence-corrected chi connectivity index (χ0v) is 6.30. The van der Waals surface area contributed by atoms with Gasteiger partial charge in [-0.15, -0.1) is 0 Å². The van der Waals surface area contributed by atoms with E-state index >= 15 is 0 Å². The minimum atomic E-state index is 0.285. The SMILES string of the molecule is CCC=CC(CC)CO. The molecule has 0 aromatic heterocycles. The molecule has 0 spiro atoms. The van der Waals surface area contributed by atoms with Crippen LogP contribution in [0.15, 0.2) is 12.2 Å². The molecule has 0 bridgehead atoms. The quantitative estimate of drug-likeness (QED) is 0.574. The highest BCUT2D eigenvalue weighted by Crippen LogP contribution is 2.02. The van der Waals surface area contributed by atoms with Gasteiger partial charge in [-0.3, -0.25) is 0 Å². The molecule has 0 amide bonds. The van der Waals surface area contributed by atoms with Crippen molar-refractivity contribution >= 4 is 0 Å². The van der Waals surface area contributed by atoms with Crippen molar-refractivity contribution in [2.24, 2.45) is 5.92 Å². The van der Waals surface area contributed by atoms with Gasteiger partial charge in [0.2, 0.25) is 0 Å². The van der Waals surface area contributed by atoms with E-state index in [0.29, 0.717) is 5.92 Å². The number of hydrogen-bond donors (Lipinski definition) is 1. The highest BCUT2D eigenvalue weighted by molar-refractivity contribution is 4.86. The van der Waals surface area contributed by atoms with Gasteiger partial charge in [0, 0.05) is 6.61 Å². The van der Waals surface area contributed by atoms with Crippen LogP contribution in [0.3, 0.4) is 0 Å². The molecule has 0 aliphatic carbocycles. The van der Waals surface area contributed by atoms with Gasteiger partial charge >= 0.3 is 0 Å². The van der Waals surface area contributed by atoms with Gasteiger partial charge in [0.25, 0.3) is 0 Å². The zero-order valence-electron chi connectivity index (χ0n) is 6.30. The Kier molecular flexibility index (Phi) is 5.64. The van der Waals surface area contributed by atoms with Crippen LogP contribution >= 0.6 is 0 Å². The second kappa shape index (κ2) is 5.83. The van der Waals surface area contributed by atoms with E-state index in [1.807, 2.05) is 0 Å². The Bertz CT molecular complexity index is 72.6. The van der Waals surface area contributed by atoms with Gasteiger partial charge in [0.15, 0.2) is 0 Å². The molecule has 0 fully saturated rings. The molecule has 54 valence electrons. The Morgan fingerprint density at radius 3 is 2.44 bits per heavy atom. The molecule has 0 aromatic carbocycles. The normalized spacial score (nSPS) is 14.6. The highest BCUT2D eigenvalue weighted by atomic mass is 16.3. The van der Waals surface area contributed by atoms with Crippen LogP contribution in [0.4, 0.5) is 0 Å². The van der Waals surface area contributed by atoms with Crippen molar-refractivity contribution in [2.45, 2.75) is 26.7 Å². The minimum Gasteiger partial charge on any atom is -0.396 e. The summed E-state index contributed by atoms with van der Waals surface area (Å²) in [5, 5.41) is 8.70. The average molecular weight is 128 g/mol. The Morgan fingerprint density at radius 1 is 1.44 bits per heavy atom. The van der Waals surface area contributed by atoms with Crippen LogP contribution in [0.5, 0.6) is 0 Å². The number of allylic oxidation sites excluding steroid dienone is 1. The Morgan fingerprint density at radius 2 is 2.11 bits per heavy atom. The largest absolute Gasteiger partial charge is 0.396 e. The molecule has 0 saturated carbocycles. The monoisotopic (exact) mass is 128 g/mol. The van der Waals surface area contributed by atoms with Crippen LogP contribution in [-0.2, 0) is 0 Å². The van der Waals surface area contributed by atoms with E-state index < -0.39 is 0 Å². The molecule has 1 nitrogen and oxygen atoms in total. The van der Waals surface area contributed by atoms with E-state index in [-0.39, 0.29) is 6.61 Å². The second-order valence-electron chi connectivity index (χ2n) is 2.19. The van der Waals surface area contributed by atoms with Crippen LogP contribution in [-0.4, -0.2) is 11.7 Å². The molecule has 0 aromatic rings. The summed E-state index contributed by atoms with van der Waals surface area (Å²) in [6, 6.07) is 0. The lowest BCUT2D eigenvalue weighted by Crippen LogP contribution is -1.99. The van der Waals surface area contributed by atoms with E-state index in [4.69, 9.17) is 5.11 Å². The van der Waals surface area contributed by atoms with Gasteiger partial charge in [0.1, 0.15) is 0 Å². The van der Waals surface area contributed by atoms with Gasteiger partial charge in [-0.05, 0) is 18.8 Å². The maximum atomic E-state index is 8.70. The molecule has 0 heterocycles. The van der Waals surface area contributed by atoms with Gasteiger partial charge in [-0.2, -0.15) is 0 Å². The lowest BCUT2D eigenvalue weighted by Gasteiger charge is -2.02. The van der Waals surface area contributed by atoms with Gasteiger partial charge in [-0.25, -0.2) is 0 Å². The van der Waals surface area contributed by atoms with Crippen molar-refractivity contribution in [3.63, 3.8) is 0 Å². The van der Waals surface area contributed by atoms with Crippen LogP contribution in [0, 0.1) is 5.92 Å². The fourth-order valence-electron chi connectivity index (χ4n) is 0.655. The summed E-state index contributed by atoms with van der Waals surface area (Å²) >= 11 is 0. The molecule has 9 heavy (non-hydrogen) atoms. The van der Waals surface area contributed by atoms with Gasteiger partial charge < -0.3 is 5.11 Å². The van der Waals surface area contributed by atoms with Crippen molar-refractivity contribution in [2.75, 3.05) is 6.61 Å². The topological polar surface area (TPSA) is 20.2 Å². The van der Waals surface area contributed by atoms with Gasteiger partial charge in [-0.1, -0.05) is 26.0 Å². The molecular formula is C8H16O. The first-order chi connectivity index (χ1) is 4.35. The molecular weight excluding hydrogens is 112 g/mol. The van der Waals surface area contributed by atoms with E-state index in [0.717, 1.165) is 12.8 Å². The predicted molar refractivity (Wildman–Crippen MR) is 40.3 cm³/mol. The maximum Gasteiger partial charge on any atom is 0.0493 e. The molecule has 0 radical (unpaired) electrons. The minimum absolute atomic E-state index is 0.285. The van der Waals surface area contributed by atoms with E-state index in [1.54, 1.807) is 0 Å². The molecule has 0 aliphatic rings. The summed E-state index contributed by atoms with van der Waals surface area (Å²) in [5.74, 6) is 0.380. The van der Waals surface area contributed by atoms with Crippen LogP contribution in [0.25, 0.3) is 0 Å². The Hall–Kier alpha value is -0.300. The molecule has 1 N–H and O–H groups in total. The maximum absolute atomic E-state index is 8.70. The summed E-state index contributed by atoms with van der Waals surface area (Å²) < 4.78 is 0. The lowest BCUT2D eigenvalue weighted by molar-refractivity contribution is 0.249. The van der Waals surface area contributed by atoms with E-state index in [9.17, 15) is 0 Å². The van der Waals surface area contributed by atoms with E-state index in [1.165, 1.54) is 0 Å². The number of aliphatic hydroxyl groups excluding tert-OH is 1. The summed E-state index contributed by atoms with van der Waals surface area (Å²) in [5.41, 5.74) is 0. The number of aliphatic hydroxyl groups is 1. The van der Waals surface area contributed by atoms with Crippen LogP contribution in [0.2, 0.25) is 0 Å². The number of hydrogen-bond acceptors (Lipinski definition) is 1. The number of rotatable bonds is 4. The first kappa shape index (κ1) is 8.70. The second-order valence-corrected chi connectivity index (χ2v) is 2.19. The zero-order chi connectivity index (χ0) is 7.11. The molecule has 1 unspecified atom stereocenters. The molecule has 1 heteroatoms. The molecule has 1 atom stereocenters. The fraction of sp³-hybridized carbons (Fsp3) is 0.750. The third-order valence-electron chi connectivity index (χ3n) is 1.40. The summed E-state index contributed by atoms with van der Waals surface area (Å²) in [6.45, 7) is 4.47. The lowest BCUT2D eigenvalue weighted by atomic mass is 10.1. The highest BCUT2D eigenvalue weighted by Gasteiger charge is 1.95. The summed E-state index contributed by atoms with van der Waals surface area (Å²) in [4.78, 5) is 0. The molecule has 0 rings (SSSR count). The van der Waals surface area contributed by atoms with Crippen molar-refractivity contribution in [3.8, 4) is 0 Å². The van der Waals surface area contributed by atoms with Crippen LogP contribution in [0.1, 0.15) is 26.7 Å². The standard InChI is InChI=1S/C8H16O/c1-3-5-6-8(4-2)7-9/h5-6,8-9H,3-4,7H2,1-2H3. The van der Waals surface area contributed by atoms with E-state index in [2.05, 4.69) is 26.0 Å². The summed E-state index contributed by atoms with van der Waals surface area (Å²) in [6.07, 6.45) is 6.29. The van der Waals surface area contributed by atoms with Crippen LogP contribution < -0.4 is 0 Å². The first-order valence-corrected chi connectivity index (χ1v) is 3.62. The van der Waals surface area contributed by atoms with Crippen molar-refractivity contribution in [1.82, 2.24) is 0 Å². The third-order valence-corrected chi connectivity index (χ3v) is 1.40. The van der Waals surface area contributed by atoms with Crippen molar-refractivity contribution in [3.05, 3.63) is 12.2 Å². The average Bonchev–Trinajstić information content (AvgIpc) is 1.91. The van der Waals surface area contributed by atoms with Gasteiger partial charge in [0.05, 0.1) is 0 Å². The smallest absolute Gasteiger partial charge is 0.0493 e. The molecule has 0 saturated heterocycles.